The van der Waals surface area contributed by atoms with Gasteiger partial charge in [0.2, 0.25) is 0 Å². The maximum Gasteiger partial charge on any atom is 0.294 e. The molecule has 0 atom stereocenters. The zero-order valence-electron chi connectivity index (χ0n) is 10.5. The van der Waals surface area contributed by atoms with Crippen molar-refractivity contribution in [3.63, 3.8) is 0 Å². The number of anilines is 2. The van der Waals surface area contributed by atoms with E-state index >= 15 is 0 Å². The molecule has 0 bridgehead atoms. The van der Waals surface area contributed by atoms with Gasteiger partial charge in [0, 0.05) is 32.0 Å². The maximum atomic E-state index is 10.7. The van der Waals surface area contributed by atoms with Crippen LogP contribution in [0.15, 0.2) is 18.2 Å². The summed E-state index contributed by atoms with van der Waals surface area (Å²) < 4.78 is 4.90. The number of rotatable bonds is 6. The smallest absolute Gasteiger partial charge is 0.294 e. The van der Waals surface area contributed by atoms with Gasteiger partial charge in [-0.1, -0.05) is 0 Å². The number of benzene rings is 1. The fourth-order valence-corrected chi connectivity index (χ4v) is 1.59. The number of nitrogens with two attached hydrogens (primary N) is 1. The molecule has 19 heavy (non-hydrogen) atoms. The number of nitro benzene ring substituents is 1. The van der Waals surface area contributed by atoms with Crippen molar-refractivity contribution < 1.29 is 9.66 Å². The van der Waals surface area contributed by atoms with Crippen LogP contribution < -0.4 is 16.4 Å². The second-order valence-corrected chi connectivity index (χ2v) is 4.17. The fourth-order valence-electron chi connectivity index (χ4n) is 1.37. The first-order valence-electron chi connectivity index (χ1n) is 5.62. The molecular formula is C11H16N4O3S. The monoisotopic (exact) mass is 284 g/mol. The molecule has 0 aliphatic rings. The molecule has 1 aromatic rings. The van der Waals surface area contributed by atoms with Crippen molar-refractivity contribution in [2.24, 2.45) is 0 Å². The molecular weight excluding hydrogens is 268 g/mol. The molecule has 0 aliphatic heterocycles. The van der Waals surface area contributed by atoms with Crippen LogP contribution in [-0.2, 0) is 4.74 Å². The number of nitrogen functional groups attached to an aromatic ring is 1. The molecule has 0 aromatic heterocycles. The minimum atomic E-state index is -0.532. The van der Waals surface area contributed by atoms with Gasteiger partial charge in [0.05, 0.1) is 4.92 Å². The van der Waals surface area contributed by atoms with E-state index in [0.29, 0.717) is 24.0 Å². The summed E-state index contributed by atoms with van der Waals surface area (Å²) in [6, 6.07) is 4.44. The van der Waals surface area contributed by atoms with Crippen molar-refractivity contribution in [3.8, 4) is 0 Å². The van der Waals surface area contributed by atoms with E-state index in [0.717, 1.165) is 6.42 Å². The predicted molar refractivity (Wildman–Crippen MR) is 78.2 cm³/mol. The molecule has 0 heterocycles. The van der Waals surface area contributed by atoms with Gasteiger partial charge in [-0.15, -0.1) is 0 Å². The van der Waals surface area contributed by atoms with Crippen molar-refractivity contribution in [1.29, 1.82) is 0 Å². The molecule has 0 spiro atoms. The maximum absolute atomic E-state index is 10.7. The summed E-state index contributed by atoms with van der Waals surface area (Å²) in [5.74, 6) is 0. The first-order chi connectivity index (χ1) is 9.04. The van der Waals surface area contributed by atoms with E-state index in [1.54, 1.807) is 13.2 Å². The van der Waals surface area contributed by atoms with Crippen LogP contribution in [-0.4, -0.2) is 30.3 Å². The van der Waals surface area contributed by atoms with Gasteiger partial charge < -0.3 is 21.1 Å². The lowest BCUT2D eigenvalue weighted by Crippen LogP contribution is -2.29. The molecule has 0 saturated heterocycles. The number of hydrogen-bond acceptors (Lipinski definition) is 5. The van der Waals surface area contributed by atoms with E-state index in [9.17, 15) is 10.1 Å². The van der Waals surface area contributed by atoms with Gasteiger partial charge in [-0.3, -0.25) is 10.1 Å². The van der Waals surface area contributed by atoms with E-state index in [4.69, 9.17) is 22.7 Å². The van der Waals surface area contributed by atoms with Crippen LogP contribution in [0.1, 0.15) is 6.42 Å². The number of nitrogens with zero attached hydrogens (tertiary/aromatic N) is 1. The average molecular weight is 284 g/mol. The molecule has 1 rings (SSSR count). The summed E-state index contributed by atoms with van der Waals surface area (Å²) in [5, 5.41) is 17.0. The summed E-state index contributed by atoms with van der Waals surface area (Å²) in [5.41, 5.74) is 6.00. The van der Waals surface area contributed by atoms with Gasteiger partial charge in [-0.2, -0.15) is 0 Å². The van der Waals surface area contributed by atoms with Crippen LogP contribution in [0.5, 0.6) is 0 Å². The van der Waals surface area contributed by atoms with Gasteiger partial charge in [0.1, 0.15) is 5.69 Å². The van der Waals surface area contributed by atoms with E-state index in [1.807, 2.05) is 0 Å². The molecule has 0 unspecified atom stereocenters. The molecule has 104 valence electrons. The summed E-state index contributed by atoms with van der Waals surface area (Å²) >= 11 is 5.06. The molecule has 0 radical (unpaired) electrons. The van der Waals surface area contributed by atoms with Gasteiger partial charge in [0.15, 0.2) is 5.11 Å². The van der Waals surface area contributed by atoms with E-state index in [1.165, 1.54) is 12.1 Å². The van der Waals surface area contributed by atoms with Crippen LogP contribution in [0.4, 0.5) is 17.1 Å². The number of ether oxygens (including phenoxy) is 1. The zero-order valence-corrected chi connectivity index (χ0v) is 11.3. The molecule has 7 nitrogen and oxygen atoms in total. The highest BCUT2D eigenvalue weighted by Crippen LogP contribution is 2.24. The average Bonchev–Trinajstić information content (AvgIpc) is 2.36. The van der Waals surface area contributed by atoms with E-state index in [-0.39, 0.29) is 11.4 Å². The number of hydrogen-bond donors (Lipinski definition) is 3. The Morgan fingerprint density at radius 1 is 1.58 bits per heavy atom. The third-order valence-electron chi connectivity index (χ3n) is 2.30. The number of nitrogens with one attached hydrogen (secondary N) is 2. The Hall–Kier alpha value is -1.93. The first-order valence-corrected chi connectivity index (χ1v) is 6.03. The van der Waals surface area contributed by atoms with Crippen molar-refractivity contribution >= 4 is 34.4 Å². The quantitative estimate of drug-likeness (QED) is 0.239. The van der Waals surface area contributed by atoms with Crippen molar-refractivity contribution in [1.82, 2.24) is 5.32 Å². The van der Waals surface area contributed by atoms with Gasteiger partial charge in [-0.05, 0) is 30.8 Å². The van der Waals surface area contributed by atoms with Crippen LogP contribution >= 0.6 is 12.2 Å². The highest BCUT2D eigenvalue weighted by atomic mass is 32.1. The standard InChI is InChI=1S/C11H16N4O3S/c1-18-6-2-5-13-11(19)14-8-3-4-9(12)10(7-8)15(16)17/h3-4,7H,2,5-6,12H2,1H3,(H2,13,14,19). The van der Waals surface area contributed by atoms with Crippen LogP contribution in [0.25, 0.3) is 0 Å². The SMILES string of the molecule is COCCCNC(=S)Nc1ccc(N)c([N+](=O)[O-])c1. The Kier molecular flexibility index (Phi) is 5.97. The van der Waals surface area contributed by atoms with E-state index in [2.05, 4.69) is 10.6 Å². The first kappa shape index (κ1) is 15.1. The molecule has 0 amide bonds. The molecule has 0 saturated carbocycles. The normalized spacial score (nSPS) is 9.95. The number of thiocarbonyl (C=S) groups is 1. The minimum absolute atomic E-state index is 0.120. The molecule has 1 aromatic carbocycles. The van der Waals surface area contributed by atoms with Crippen LogP contribution in [0.3, 0.4) is 0 Å². The molecule has 0 aliphatic carbocycles. The molecule has 4 N–H and O–H groups in total. The van der Waals surface area contributed by atoms with Crippen LogP contribution in [0, 0.1) is 10.1 Å². The van der Waals surface area contributed by atoms with Crippen LogP contribution in [0.2, 0.25) is 0 Å². The summed E-state index contributed by atoms with van der Waals surface area (Å²) in [6.07, 6.45) is 0.820. The third kappa shape index (κ3) is 5.06. The van der Waals surface area contributed by atoms with Gasteiger partial charge >= 0.3 is 0 Å². The predicted octanol–water partition coefficient (Wildman–Crippen LogP) is 1.50. The van der Waals surface area contributed by atoms with Gasteiger partial charge in [0.25, 0.3) is 5.69 Å². The summed E-state index contributed by atoms with van der Waals surface area (Å²) in [4.78, 5) is 10.2. The molecule has 8 heteroatoms. The van der Waals surface area contributed by atoms with Gasteiger partial charge in [-0.25, -0.2) is 0 Å². The van der Waals surface area contributed by atoms with Crippen molar-refractivity contribution in [2.75, 3.05) is 31.3 Å². The topological polar surface area (TPSA) is 102 Å². The summed E-state index contributed by atoms with van der Waals surface area (Å²) in [6.45, 7) is 1.31. The number of nitro groups is 1. The third-order valence-corrected chi connectivity index (χ3v) is 2.54. The lowest BCUT2D eigenvalue weighted by atomic mass is 10.2. The lowest BCUT2D eigenvalue weighted by molar-refractivity contribution is -0.383. The second-order valence-electron chi connectivity index (χ2n) is 3.76. The largest absolute Gasteiger partial charge is 0.393 e. The zero-order chi connectivity index (χ0) is 14.3. The minimum Gasteiger partial charge on any atom is -0.393 e. The Balaban J connectivity index is 2.55. The Morgan fingerprint density at radius 3 is 2.95 bits per heavy atom. The lowest BCUT2D eigenvalue weighted by Gasteiger charge is -2.10. The Labute approximate surface area is 116 Å². The molecule has 0 fully saturated rings. The number of methoxy groups -OCH3 is 1. The Bertz CT molecular complexity index is 467. The highest BCUT2D eigenvalue weighted by molar-refractivity contribution is 7.80. The summed E-state index contributed by atoms with van der Waals surface area (Å²) in [7, 11) is 1.63. The highest BCUT2D eigenvalue weighted by Gasteiger charge is 2.12. The fraction of sp³-hybridized carbons (Fsp3) is 0.364. The van der Waals surface area contributed by atoms with Crippen molar-refractivity contribution in [2.45, 2.75) is 6.42 Å². The Morgan fingerprint density at radius 2 is 2.32 bits per heavy atom. The van der Waals surface area contributed by atoms with Crippen molar-refractivity contribution in [3.05, 3.63) is 28.3 Å². The van der Waals surface area contributed by atoms with E-state index < -0.39 is 4.92 Å². The second kappa shape index (κ2) is 7.49.